The molecule has 0 aromatic carbocycles. The van der Waals surface area contributed by atoms with Gasteiger partial charge in [-0.05, 0) is 18.2 Å². The predicted molar refractivity (Wildman–Crippen MR) is 67.0 cm³/mol. The summed E-state index contributed by atoms with van der Waals surface area (Å²) in [7, 11) is 1.76. The Hall–Kier alpha value is -1.32. The number of hydrogen-bond acceptors (Lipinski definition) is 3. The van der Waals surface area contributed by atoms with Gasteiger partial charge in [-0.1, -0.05) is 23.2 Å². The molecule has 82 valence electrons. The van der Waals surface area contributed by atoms with Crippen LogP contribution in [0.15, 0.2) is 30.6 Å². The van der Waals surface area contributed by atoms with E-state index in [1.165, 1.54) is 0 Å². The van der Waals surface area contributed by atoms with Crippen molar-refractivity contribution in [3.05, 3.63) is 40.6 Å². The standard InChI is InChI=1S/C11H9Cl2N3/c1-14-11-9(13)6-8(12)10(16-11)7-2-4-15-5-3-7/h2-6H,1H3,(H,14,16). The number of rotatable bonds is 2. The molecule has 0 unspecified atom stereocenters. The average Bonchev–Trinajstić information content (AvgIpc) is 2.30. The first-order valence-corrected chi connectivity index (χ1v) is 5.42. The number of nitrogens with zero attached hydrogens (tertiary/aromatic N) is 2. The third kappa shape index (κ3) is 2.10. The first kappa shape index (κ1) is 11.2. The fraction of sp³-hybridized carbons (Fsp3) is 0.0909. The van der Waals surface area contributed by atoms with Gasteiger partial charge in [0.1, 0.15) is 5.82 Å². The fourth-order valence-corrected chi connectivity index (χ4v) is 1.92. The number of anilines is 1. The molecule has 0 aliphatic carbocycles. The van der Waals surface area contributed by atoms with E-state index in [-0.39, 0.29) is 0 Å². The molecule has 2 rings (SSSR count). The van der Waals surface area contributed by atoms with E-state index in [9.17, 15) is 0 Å². The maximum atomic E-state index is 6.10. The topological polar surface area (TPSA) is 37.8 Å². The molecule has 0 bridgehead atoms. The van der Waals surface area contributed by atoms with E-state index >= 15 is 0 Å². The van der Waals surface area contributed by atoms with Crippen LogP contribution in [-0.4, -0.2) is 17.0 Å². The minimum atomic E-state index is 0.505. The van der Waals surface area contributed by atoms with E-state index in [0.29, 0.717) is 21.6 Å². The summed E-state index contributed by atoms with van der Waals surface area (Å²) in [6.45, 7) is 0. The summed E-state index contributed by atoms with van der Waals surface area (Å²) in [4.78, 5) is 8.31. The van der Waals surface area contributed by atoms with Crippen LogP contribution in [0, 0.1) is 0 Å². The highest BCUT2D eigenvalue weighted by atomic mass is 35.5. The Morgan fingerprint density at radius 2 is 1.81 bits per heavy atom. The van der Waals surface area contributed by atoms with Crippen molar-refractivity contribution in [3.8, 4) is 11.3 Å². The Morgan fingerprint density at radius 1 is 1.12 bits per heavy atom. The molecule has 0 aliphatic heterocycles. The Bertz CT molecular complexity index is 500. The van der Waals surface area contributed by atoms with Gasteiger partial charge in [-0.15, -0.1) is 0 Å². The van der Waals surface area contributed by atoms with Crippen molar-refractivity contribution < 1.29 is 0 Å². The third-order valence-electron chi connectivity index (χ3n) is 2.12. The lowest BCUT2D eigenvalue weighted by Crippen LogP contribution is -1.96. The van der Waals surface area contributed by atoms with Gasteiger partial charge in [0, 0.05) is 25.0 Å². The Labute approximate surface area is 103 Å². The van der Waals surface area contributed by atoms with E-state index < -0.39 is 0 Å². The van der Waals surface area contributed by atoms with Crippen LogP contribution in [0.3, 0.4) is 0 Å². The maximum Gasteiger partial charge on any atom is 0.145 e. The summed E-state index contributed by atoms with van der Waals surface area (Å²) in [5, 5.41) is 3.94. The summed E-state index contributed by atoms with van der Waals surface area (Å²) < 4.78 is 0. The zero-order valence-corrected chi connectivity index (χ0v) is 10.0. The van der Waals surface area contributed by atoms with Crippen molar-refractivity contribution in [2.24, 2.45) is 0 Å². The van der Waals surface area contributed by atoms with Crippen molar-refractivity contribution in [3.63, 3.8) is 0 Å². The number of halogens is 2. The van der Waals surface area contributed by atoms with Crippen LogP contribution >= 0.6 is 23.2 Å². The molecular formula is C11H9Cl2N3. The van der Waals surface area contributed by atoms with Crippen LogP contribution in [0.4, 0.5) is 5.82 Å². The zero-order valence-electron chi connectivity index (χ0n) is 8.54. The van der Waals surface area contributed by atoms with Crippen LogP contribution in [0.25, 0.3) is 11.3 Å². The molecule has 0 saturated heterocycles. The molecule has 5 heteroatoms. The molecule has 0 amide bonds. The number of hydrogen-bond donors (Lipinski definition) is 1. The molecule has 0 fully saturated rings. The summed E-state index contributed by atoms with van der Waals surface area (Å²) >= 11 is 12.1. The first-order valence-electron chi connectivity index (χ1n) is 4.66. The van der Waals surface area contributed by atoms with Crippen LogP contribution in [0.2, 0.25) is 10.0 Å². The van der Waals surface area contributed by atoms with Crippen molar-refractivity contribution in [1.82, 2.24) is 9.97 Å². The predicted octanol–water partition coefficient (Wildman–Crippen LogP) is 3.49. The molecule has 0 aliphatic rings. The first-order chi connectivity index (χ1) is 7.72. The second-order valence-corrected chi connectivity index (χ2v) is 3.95. The van der Waals surface area contributed by atoms with Gasteiger partial charge in [0.05, 0.1) is 15.7 Å². The van der Waals surface area contributed by atoms with Gasteiger partial charge in [0.2, 0.25) is 0 Å². The zero-order chi connectivity index (χ0) is 11.5. The van der Waals surface area contributed by atoms with Crippen molar-refractivity contribution in [2.45, 2.75) is 0 Å². The van der Waals surface area contributed by atoms with E-state index in [2.05, 4.69) is 15.3 Å². The summed E-state index contributed by atoms with van der Waals surface area (Å²) in [6.07, 6.45) is 3.39. The van der Waals surface area contributed by atoms with Crippen LogP contribution < -0.4 is 5.32 Å². The number of aromatic nitrogens is 2. The van der Waals surface area contributed by atoms with Gasteiger partial charge in [0.15, 0.2) is 0 Å². The SMILES string of the molecule is CNc1nc(-c2ccncc2)c(Cl)cc1Cl. The average molecular weight is 254 g/mol. The Balaban J connectivity index is 2.57. The van der Waals surface area contributed by atoms with E-state index in [0.717, 1.165) is 5.56 Å². The lowest BCUT2D eigenvalue weighted by Gasteiger charge is -2.08. The molecule has 0 spiro atoms. The highest BCUT2D eigenvalue weighted by Crippen LogP contribution is 2.31. The van der Waals surface area contributed by atoms with Crippen LogP contribution in [0.5, 0.6) is 0 Å². The molecule has 3 nitrogen and oxygen atoms in total. The fourth-order valence-electron chi connectivity index (χ4n) is 1.35. The monoisotopic (exact) mass is 253 g/mol. The summed E-state index contributed by atoms with van der Waals surface area (Å²) in [5.74, 6) is 0.609. The van der Waals surface area contributed by atoms with Gasteiger partial charge in [-0.25, -0.2) is 4.98 Å². The lowest BCUT2D eigenvalue weighted by molar-refractivity contribution is 1.27. The van der Waals surface area contributed by atoms with E-state index in [1.54, 1.807) is 25.5 Å². The number of pyridine rings is 2. The molecule has 2 heterocycles. The molecule has 2 aromatic rings. The summed E-state index contributed by atoms with van der Waals surface area (Å²) in [6, 6.07) is 5.38. The molecule has 0 atom stereocenters. The van der Waals surface area contributed by atoms with E-state index in [1.807, 2.05) is 12.1 Å². The second kappa shape index (κ2) is 4.68. The van der Waals surface area contributed by atoms with Crippen molar-refractivity contribution >= 4 is 29.0 Å². The maximum absolute atomic E-state index is 6.10. The molecule has 0 radical (unpaired) electrons. The number of nitrogens with one attached hydrogen (secondary N) is 1. The molecule has 0 saturated carbocycles. The van der Waals surface area contributed by atoms with Crippen molar-refractivity contribution in [1.29, 1.82) is 0 Å². The third-order valence-corrected chi connectivity index (χ3v) is 2.70. The highest BCUT2D eigenvalue weighted by molar-refractivity contribution is 6.37. The molecular weight excluding hydrogens is 245 g/mol. The van der Waals surface area contributed by atoms with Gasteiger partial charge >= 0.3 is 0 Å². The lowest BCUT2D eigenvalue weighted by atomic mass is 10.2. The largest absolute Gasteiger partial charge is 0.372 e. The smallest absolute Gasteiger partial charge is 0.145 e. The normalized spacial score (nSPS) is 10.2. The van der Waals surface area contributed by atoms with Gasteiger partial charge in [-0.3, -0.25) is 4.98 Å². The Morgan fingerprint density at radius 3 is 2.44 bits per heavy atom. The highest BCUT2D eigenvalue weighted by Gasteiger charge is 2.09. The molecule has 2 aromatic heterocycles. The van der Waals surface area contributed by atoms with Crippen LogP contribution in [0.1, 0.15) is 0 Å². The Kier molecular flexibility index (Phi) is 3.27. The van der Waals surface area contributed by atoms with Gasteiger partial charge in [0.25, 0.3) is 0 Å². The van der Waals surface area contributed by atoms with Crippen molar-refractivity contribution in [2.75, 3.05) is 12.4 Å². The van der Waals surface area contributed by atoms with Crippen LogP contribution in [-0.2, 0) is 0 Å². The van der Waals surface area contributed by atoms with Gasteiger partial charge in [-0.2, -0.15) is 0 Å². The minimum absolute atomic E-state index is 0.505. The second-order valence-electron chi connectivity index (χ2n) is 3.14. The minimum Gasteiger partial charge on any atom is -0.372 e. The van der Waals surface area contributed by atoms with E-state index in [4.69, 9.17) is 23.2 Å². The molecule has 16 heavy (non-hydrogen) atoms. The molecule has 1 N–H and O–H groups in total. The van der Waals surface area contributed by atoms with Gasteiger partial charge < -0.3 is 5.32 Å². The summed E-state index contributed by atoms with van der Waals surface area (Å²) in [5.41, 5.74) is 1.60. The quantitative estimate of drug-likeness (QED) is 0.891.